The first-order chi connectivity index (χ1) is 11.1. The highest BCUT2D eigenvalue weighted by Crippen LogP contribution is 2.24. The molecule has 4 nitrogen and oxygen atoms in total. The largest absolute Gasteiger partial charge is 0.464 e. The quantitative estimate of drug-likeness (QED) is 0.647. The van der Waals surface area contributed by atoms with Crippen molar-refractivity contribution < 1.29 is 14.3 Å². The molecular weight excluding hydrogens is 290 g/mol. The van der Waals surface area contributed by atoms with Crippen LogP contribution in [0.3, 0.4) is 0 Å². The van der Waals surface area contributed by atoms with Crippen LogP contribution in [-0.2, 0) is 9.53 Å². The average Bonchev–Trinajstić information content (AvgIpc) is 2.57. The molecule has 0 saturated carbocycles. The number of esters is 1. The zero-order valence-corrected chi connectivity index (χ0v) is 13.1. The molecule has 1 aliphatic rings. The third-order valence-corrected chi connectivity index (χ3v) is 3.79. The van der Waals surface area contributed by atoms with E-state index < -0.39 is 12.0 Å². The van der Waals surface area contributed by atoms with Crippen LogP contribution >= 0.6 is 0 Å². The number of carbonyl (C=O) groups is 2. The van der Waals surface area contributed by atoms with E-state index in [0.29, 0.717) is 11.3 Å². The van der Waals surface area contributed by atoms with Gasteiger partial charge < -0.3 is 4.74 Å². The van der Waals surface area contributed by atoms with E-state index in [4.69, 9.17) is 4.74 Å². The van der Waals surface area contributed by atoms with Crippen LogP contribution in [0.15, 0.2) is 53.5 Å². The van der Waals surface area contributed by atoms with Crippen molar-refractivity contribution in [1.82, 2.24) is 0 Å². The predicted octanol–water partition coefficient (Wildman–Crippen LogP) is 2.96. The molecule has 0 bridgehead atoms. The molecule has 116 valence electrons. The van der Waals surface area contributed by atoms with Gasteiger partial charge in [-0.05, 0) is 13.8 Å². The van der Waals surface area contributed by atoms with Gasteiger partial charge in [-0.2, -0.15) is 0 Å². The van der Waals surface area contributed by atoms with Gasteiger partial charge in [-0.25, -0.2) is 4.79 Å². The molecule has 1 heterocycles. The maximum Gasteiger partial charge on any atom is 0.339 e. The second-order valence-electron chi connectivity index (χ2n) is 5.41. The minimum atomic E-state index is -1.12. The number of hydrogen-bond acceptors (Lipinski definition) is 4. The van der Waals surface area contributed by atoms with Crippen LogP contribution in [0.2, 0.25) is 0 Å². The topological polar surface area (TPSA) is 55.7 Å². The molecule has 1 aliphatic heterocycles. The highest BCUT2D eigenvalue weighted by Gasteiger charge is 2.35. The van der Waals surface area contributed by atoms with E-state index in [9.17, 15) is 9.59 Å². The molecule has 0 N–H and O–H groups in total. The molecule has 1 atom stereocenters. The Morgan fingerprint density at radius 3 is 2.39 bits per heavy atom. The number of nitrogens with zero attached hydrogens (tertiary/aromatic N) is 1. The molecule has 1 unspecified atom stereocenters. The molecule has 0 spiro atoms. The summed E-state index contributed by atoms with van der Waals surface area (Å²) in [6.07, 6.45) is 0. The summed E-state index contributed by atoms with van der Waals surface area (Å²) in [4.78, 5) is 29.1. The standard InChI is InChI=1S/C19H17NO3/c1-3-23-19(22)17-18(21)15-7-5-4-6-14(15)16(20-17)13-10-8-12(2)9-11-13/h4-11,17H,3H2,1-2H3. The van der Waals surface area contributed by atoms with Crippen molar-refractivity contribution in [3.8, 4) is 0 Å². The van der Waals surface area contributed by atoms with E-state index in [1.165, 1.54) is 0 Å². The van der Waals surface area contributed by atoms with Crippen molar-refractivity contribution in [3.63, 3.8) is 0 Å². The van der Waals surface area contributed by atoms with Gasteiger partial charge in [-0.3, -0.25) is 9.79 Å². The predicted molar refractivity (Wildman–Crippen MR) is 88.0 cm³/mol. The van der Waals surface area contributed by atoms with Crippen molar-refractivity contribution >= 4 is 17.5 Å². The molecule has 4 heteroatoms. The van der Waals surface area contributed by atoms with E-state index in [2.05, 4.69) is 4.99 Å². The van der Waals surface area contributed by atoms with Gasteiger partial charge in [-0.15, -0.1) is 0 Å². The lowest BCUT2D eigenvalue weighted by molar-refractivity contribution is -0.143. The summed E-state index contributed by atoms with van der Waals surface area (Å²) in [7, 11) is 0. The van der Waals surface area contributed by atoms with Crippen molar-refractivity contribution in [2.45, 2.75) is 19.9 Å². The monoisotopic (exact) mass is 307 g/mol. The maximum atomic E-state index is 12.6. The number of fused-ring (bicyclic) bond motifs is 1. The average molecular weight is 307 g/mol. The second kappa shape index (κ2) is 6.16. The van der Waals surface area contributed by atoms with Crippen molar-refractivity contribution in [3.05, 3.63) is 70.8 Å². The molecule has 2 aromatic carbocycles. The van der Waals surface area contributed by atoms with Crippen LogP contribution in [0.5, 0.6) is 0 Å². The number of hydrogen-bond donors (Lipinski definition) is 0. The number of ether oxygens (including phenoxy) is 1. The number of aryl methyl sites for hydroxylation is 1. The summed E-state index contributed by atoms with van der Waals surface area (Å²) in [6, 6.07) is 14.0. The van der Waals surface area contributed by atoms with Gasteiger partial charge >= 0.3 is 5.97 Å². The fourth-order valence-electron chi connectivity index (χ4n) is 2.63. The van der Waals surface area contributed by atoms with Crippen LogP contribution in [-0.4, -0.2) is 30.1 Å². The van der Waals surface area contributed by atoms with E-state index in [-0.39, 0.29) is 12.4 Å². The van der Waals surface area contributed by atoms with Crippen LogP contribution in [0.1, 0.15) is 34.0 Å². The molecule has 0 radical (unpaired) electrons. The van der Waals surface area contributed by atoms with Crippen LogP contribution in [0, 0.1) is 6.92 Å². The highest BCUT2D eigenvalue weighted by molar-refractivity contribution is 6.26. The first kappa shape index (κ1) is 15.2. The van der Waals surface area contributed by atoms with Gasteiger partial charge in [0.15, 0.2) is 5.78 Å². The molecule has 0 fully saturated rings. The zero-order valence-electron chi connectivity index (χ0n) is 13.1. The fourth-order valence-corrected chi connectivity index (χ4v) is 2.63. The lowest BCUT2D eigenvalue weighted by Crippen LogP contribution is -2.36. The first-order valence-electron chi connectivity index (χ1n) is 7.57. The molecule has 0 amide bonds. The van der Waals surface area contributed by atoms with E-state index >= 15 is 0 Å². The van der Waals surface area contributed by atoms with Gasteiger partial charge in [0.25, 0.3) is 0 Å². The highest BCUT2D eigenvalue weighted by atomic mass is 16.5. The Bertz CT molecular complexity index is 791. The minimum Gasteiger partial charge on any atom is -0.464 e. The molecule has 3 rings (SSSR count). The van der Waals surface area contributed by atoms with Gasteiger partial charge in [0, 0.05) is 16.7 Å². The number of ketones is 1. The Kier molecular flexibility index (Phi) is 4.06. The lowest BCUT2D eigenvalue weighted by Gasteiger charge is -2.21. The fraction of sp³-hybridized carbons (Fsp3) is 0.211. The van der Waals surface area contributed by atoms with Crippen LogP contribution < -0.4 is 0 Å². The third kappa shape index (κ3) is 2.80. The summed E-state index contributed by atoms with van der Waals surface area (Å²) < 4.78 is 5.00. The van der Waals surface area contributed by atoms with Crippen molar-refractivity contribution in [2.75, 3.05) is 6.61 Å². The Hall–Kier alpha value is -2.75. The van der Waals surface area contributed by atoms with Crippen LogP contribution in [0.25, 0.3) is 0 Å². The Morgan fingerprint density at radius 2 is 1.74 bits per heavy atom. The summed E-state index contributed by atoms with van der Waals surface area (Å²) in [5, 5.41) is 0. The molecule has 2 aromatic rings. The van der Waals surface area contributed by atoms with Crippen molar-refractivity contribution in [2.24, 2.45) is 4.99 Å². The summed E-state index contributed by atoms with van der Waals surface area (Å²) in [5.41, 5.74) is 3.93. The Balaban J connectivity index is 2.13. The molecule has 23 heavy (non-hydrogen) atoms. The Labute approximate surface area is 134 Å². The first-order valence-corrected chi connectivity index (χ1v) is 7.57. The molecule has 0 aromatic heterocycles. The molecule has 0 saturated heterocycles. The maximum absolute atomic E-state index is 12.6. The summed E-state index contributed by atoms with van der Waals surface area (Å²) in [5.74, 6) is -0.911. The van der Waals surface area contributed by atoms with Crippen molar-refractivity contribution in [1.29, 1.82) is 0 Å². The van der Waals surface area contributed by atoms with Gasteiger partial charge in [0.1, 0.15) is 0 Å². The van der Waals surface area contributed by atoms with E-state index in [0.717, 1.165) is 16.7 Å². The Morgan fingerprint density at radius 1 is 1.09 bits per heavy atom. The van der Waals surface area contributed by atoms with E-state index in [1.54, 1.807) is 19.1 Å². The summed E-state index contributed by atoms with van der Waals surface area (Å²) in [6.45, 7) is 3.94. The molecular formula is C19H17NO3. The minimum absolute atomic E-state index is 0.222. The SMILES string of the molecule is CCOC(=O)C1N=C(c2ccc(C)cc2)c2ccccc2C1=O. The second-order valence-corrected chi connectivity index (χ2v) is 5.41. The zero-order chi connectivity index (χ0) is 16.4. The van der Waals surface area contributed by atoms with Crippen LogP contribution in [0.4, 0.5) is 0 Å². The smallest absolute Gasteiger partial charge is 0.339 e. The molecule has 0 aliphatic carbocycles. The summed E-state index contributed by atoms with van der Waals surface area (Å²) >= 11 is 0. The van der Waals surface area contributed by atoms with E-state index in [1.807, 2.05) is 43.3 Å². The normalized spacial score (nSPS) is 16.5. The van der Waals surface area contributed by atoms with Gasteiger partial charge in [0.2, 0.25) is 6.04 Å². The lowest BCUT2D eigenvalue weighted by atomic mass is 9.89. The number of benzene rings is 2. The number of carbonyl (C=O) groups excluding carboxylic acids is 2. The number of aliphatic imine (C=N–C) groups is 1. The van der Waals surface area contributed by atoms with Gasteiger partial charge in [0.05, 0.1) is 12.3 Å². The van der Waals surface area contributed by atoms with Gasteiger partial charge in [-0.1, -0.05) is 54.1 Å². The third-order valence-electron chi connectivity index (χ3n) is 3.79. The number of rotatable bonds is 3. The number of Topliss-reactive ketones (excluding diaryl/α,β-unsaturated/α-hetero) is 1.